The summed E-state index contributed by atoms with van der Waals surface area (Å²) in [6.45, 7) is 4.92. The van der Waals surface area contributed by atoms with Crippen LogP contribution in [0.4, 0.5) is 0 Å². The molecule has 0 aromatic rings. The average Bonchev–Trinajstić information content (AvgIpc) is 2.54. The summed E-state index contributed by atoms with van der Waals surface area (Å²) in [6, 6.07) is 0. The van der Waals surface area contributed by atoms with Gasteiger partial charge in [0.2, 0.25) is 5.91 Å². The Kier molecular flexibility index (Phi) is 5.26. The van der Waals surface area contributed by atoms with Crippen molar-refractivity contribution in [2.75, 3.05) is 32.2 Å². The highest BCUT2D eigenvalue weighted by Crippen LogP contribution is 2.19. The third kappa shape index (κ3) is 3.46. The largest absolute Gasteiger partial charge is 0.378 e. The molecule has 1 rings (SSSR count). The van der Waals surface area contributed by atoms with Crippen molar-refractivity contribution in [3.05, 3.63) is 0 Å². The van der Waals surface area contributed by atoms with E-state index in [1.165, 1.54) is 0 Å². The van der Waals surface area contributed by atoms with Gasteiger partial charge in [0.1, 0.15) is 0 Å². The van der Waals surface area contributed by atoms with Gasteiger partial charge in [-0.2, -0.15) is 0 Å². The SMILES string of the molecule is CCC1CC(=O)N(CCOCCCl)C1. The van der Waals surface area contributed by atoms with Gasteiger partial charge in [-0.15, -0.1) is 11.6 Å². The number of rotatable bonds is 6. The van der Waals surface area contributed by atoms with Crippen molar-refractivity contribution in [3.63, 3.8) is 0 Å². The number of carbonyl (C=O) groups excluding carboxylic acids is 1. The summed E-state index contributed by atoms with van der Waals surface area (Å²) in [5.41, 5.74) is 0. The van der Waals surface area contributed by atoms with Gasteiger partial charge in [0, 0.05) is 25.4 Å². The highest BCUT2D eigenvalue weighted by atomic mass is 35.5. The predicted octanol–water partition coefficient (Wildman–Crippen LogP) is 1.50. The van der Waals surface area contributed by atoms with Gasteiger partial charge in [0.15, 0.2) is 0 Å². The minimum atomic E-state index is 0.270. The van der Waals surface area contributed by atoms with E-state index < -0.39 is 0 Å². The first-order valence-corrected chi connectivity index (χ1v) is 5.72. The summed E-state index contributed by atoms with van der Waals surface area (Å²) < 4.78 is 5.24. The van der Waals surface area contributed by atoms with E-state index in [0.717, 1.165) is 13.0 Å². The summed E-state index contributed by atoms with van der Waals surface area (Å²) in [6.07, 6.45) is 1.80. The summed E-state index contributed by atoms with van der Waals surface area (Å²) >= 11 is 5.47. The Morgan fingerprint density at radius 2 is 2.36 bits per heavy atom. The molecule has 1 unspecified atom stereocenters. The van der Waals surface area contributed by atoms with Gasteiger partial charge in [-0.25, -0.2) is 0 Å². The van der Waals surface area contributed by atoms with Gasteiger partial charge in [-0.05, 0) is 5.92 Å². The smallest absolute Gasteiger partial charge is 0.223 e. The summed E-state index contributed by atoms with van der Waals surface area (Å²) in [7, 11) is 0. The van der Waals surface area contributed by atoms with Crippen LogP contribution in [0, 0.1) is 5.92 Å². The third-order valence-electron chi connectivity index (χ3n) is 2.60. The van der Waals surface area contributed by atoms with E-state index in [9.17, 15) is 4.79 Å². The summed E-state index contributed by atoms with van der Waals surface area (Å²) in [4.78, 5) is 13.3. The molecule has 1 fully saturated rings. The Bertz CT molecular complexity index is 187. The van der Waals surface area contributed by atoms with E-state index >= 15 is 0 Å². The molecule has 14 heavy (non-hydrogen) atoms. The molecule has 1 aliphatic heterocycles. The zero-order valence-corrected chi connectivity index (χ0v) is 9.42. The number of amides is 1. The molecular formula is C10H18ClNO2. The van der Waals surface area contributed by atoms with Crippen molar-refractivity contribution in [2.24, 2.45) is 5.92 Å². The minimum Gasteiger partial charge on any atom is -0.378 e. The molecule has 1 heterocycles. The maximum Gasteiger partial charge on any atom is 0.223 e. The molecule has 1 saturated heterocycles. The molecule has 82 valence electrons. The first-order valence-electron chi connectivity index (χ1n) is 5.19. The predicted molar refractivity (Wildman–Crippen MR) is 56.5 cm³/mol. The average molecular weight is 220 g/mol. The molecule has 1 amide bonds. The topological polar surface area (TPSA) is 29.5 Å². The number of hydrogen-bond acceptors (Lipinski definition) is 2. The molecule has 3 nitrogen and oxygen atoms in total. The number of likely N-dealkylation sites (tertiary alicyclic amines) is 1. The van der Waals surface area contributed by atoms with Crippen LogP contribution >= 0.6 is 11.6 Å². The van der Waals surface area contributed by atoms with E-state index in [-0.39, 0.29) is 5.91 Å². The van der Waals surface area contributed by atoms with Gasteiger partial charge in [0.25, 0.3) is 0 Å². The Labute approximate surface area is 90.4 Å². The van der Waals surface area contributed by atoms with Crippen LogP contribution in [0.2, 0.25) is 0 Å². The summed E-state index contributed by atoms with van der Waals surface area (Å²) in [5, 5.41) is 0. The Hall–Kier alpha value is -0.280. The minimum absolute atomic E-state index is 0.270. The van der Waals surface area contributed by atoms with E-state index in [4.69, 9.17) is 16.3 Å². The third-order valence-corrected chi connectivity index (χ3v) is 2.75. The number of carbonyl (C=O) groups is 1. The van der Waals surface area contributed by atoms with Crippen molar-refractivity contribution >= 4 is 17.5 Å². The Morgan fingerprint density at radius 3 is 2.93 bits per heavy atom. The highest BCUT2D eigenvalue weighted by Gasteiger charge is 2.27. The summed E-state index contributed by atoms with van der Waals surface area (Å²) in [5.74, 6) is 1.34. The van der Waals surface area contributed by atoms with Gasteiger partial charge >= 0.3 is 0 Å². The second-order valence-corrected chi connectivity index (χ2v) is 4.00. The molecule has 0 bridgehead atoms. The molecule has 0 aliphatic carbocycles. The standard InChI is InChI=1S/C10H18ClNO2/c1-2-9-7-10(13)12(8-9)4-6-14-5-3-11/h9H,2-8H2,1H3. The van der Waals surface area contributed by atoms with Crippen LogP contribution in [0.5, 0.6) is 0 Å². The van der Waals surface area contributed by atoms with Crippen molar-refractivity contribution in [3.8, 4) is 0 Å². The number of nitrogens with zero attached hydrogens (tertiary/aromatic N) is 1. The molecule has 0 radical (unpaired) electrons. The van der Waals surface area contributed by atoms with Crippen LogP contribution < -0.4 is 0 Å². The normalized spacial score (nSPS) is 22.0. The second kappa shape index (κ2) is 6.25. The molecule has 0 aromatic carbocycles. The van der Waals surface area contributed by atoms with E-state index in [1.807, 2.05) is 4.90 Å². The maximum absolute atomic E-state index is 11.5. The molecule has 0 aromatic heterocycles. The lowest BCUT2D eigenvalue weighted by Gasteiger charge is -2.15. The van der Waals surface area contributed by atoms with Crippen molar-refractivity contribution in [1.82, 2.24) is 4.90 Å². The number of ether oxygens (including phenoxy) is 1. The molecular weight excluding hydrogens is 202 g/mol. The van der Waals surface area contributed by atoms with Crippen LogP contribution in [-0.4, -0.2) is 43.0 Å². The van der Waals surface area contributed by atoms with Gasteiger partial charge < -0.3 is 9.64 Å². The molecule has 4 heteroatoms. The molecule has 0 N–H and O–H groups in total. The van der Waals surface area contributed by atoms with Crippen molar-refractivity contribution < 1.29 is 9.53 Å². The second-order valence-electron chi connectivity index (χ2n) is 3.62. The molecule has 0 spiro atoms. The van der Waals surface area contributed by atoms with Crippen LogP contribution in [0.3, 0.4) is 0 Å². The first-order chi connectivity index (χ1) is 6.77. The van der Waals surface area contributed by atoms with Crippen LogP contribution in [0.15, 0.2) is 0 Å². The fourth-order valence-corrected chi connectivity index (χ4v) is 1.78. The van der Waals surface area contributed by atoms with E-state index in [0.29, 0.717) is 38.0 Å². The zero-order valence-electron chi connectivity index (χ0n) is 8.67. The maximum atomic E-state index is 11.5. The first kappa shape index (κ1) is 11.8. The Morgan fingerprint density at radius 1 is 1.57 bits per heavy atom. The molecule has 1 aliphatic rings. The van der Waals surface area contributed by atoms with Crippen molar-refractivity contribution in [1.29, 1.82) is 0 Å². The molecule has 0 saturated carbocycles. The fraction of sp³-hybridized carbons (Fsp3) is 0.900. The lowest BCUT2D eigenvalue weighted by atomic mass is 10.1. The van der Waals surface area contributed by atoms with Crippen LogP contribution in [0.1, 0.15) is 19.8 Å². The van der Waals surface area contributed by atoms with Gasteiger partial charge in [-0.3, -0.25) is 4.79 Å². The van der Waals surface area contributed by atoms with Crippen LogP contribution in [0.25, 0.3) is 0 Å². The lowest BCUT2D eigenvalue weighted by Crippen LogP contribution is -2.29. The van der Waals surface area contributed by atoms with Crippen molar-refractivity contribution in [2.45, 2.75) is 19.8 Å². The highest BCUT2D eigenvalue weighted by molar-refractivity contribution is 6.17. The number of alkyl halides is 1. The van der Waals surface area contributed by atoms with E-state index in [1.54, 1.807) is 0 Å². The van der Waals surface area contributed by atoms with E-state index in [2.05, 4.69) is 6.92 Å². The van der Waals surface area contributed by atoms with Gasteiger partial charge in [0.05, 0.1) is 13.2 Å². The number of halogens is 1. The number of hydrogen-bond donors (Lipinski definition) is 0. The zero-order chi connectivity index (χ0) is 10.4. The Balaban J connectivity index is 2.15. The monoisotopic (exact) mass is 219 g/mol. The van der Waals surface area contributed by atoms with Gasteiger partial charge in [-0.1, -0.05) is 13.3 Å². The quantitative estimate of drug-likeness (QED) is 0.501. The fourth-order valence-electron chi connectivity index (χ4n) is 1.67. The molecule has 1 atom stereocenters. The van der Waals surface area contributed by atoms with Crippen LogP contribution in [-0.2, 0) is 9.53 Å². The lowest BCUT2D eigenvalue weighted by molar-refractivity contribution is -0.128.